The van der Waals surface area contributed by atoms with E-state index >= 15 is 0 Å². The molecule has 0 radical (unpaired) electrons. The van der Waals surface area contributed by atoms with Gasteiger partial charge < -0.3 is 5.32 Å². The van der Waals surface area contributed by atoms with Gasteiger partial charge in [0.1, 0.15) is 5.54 Å². The molecule has 2 N–H and O–H groups in total. The monoisotopic (exact) mass is 254 g/mol. The van der Waals surface area contributed by atoms with E-state index in [4.69, 9.17) is 11.6 Å². The highest BCUT2D eigenvalue weighted by Gasteiger charge is 2.32. The van der Waals surface area contributed by atoms with Crippen molar-refractivity contribution in [3.63, 3.8) is 0 Å². The van der Waals surface area contributed by atoms with E-state index in [1.165, 1.54) is 11.9 Å². The molecule has 0 fully saturated rings. The maximum Gasteiger partial charge on any atom is 0.249 e. The predicted molar refractivity (Wildman–Crippen MR) is 68.4 cm³/mol. The highest BCUT2D eigenvalue weighted by molar-refractivity contribution is 8.00. The van der Waals surface area contributed by atoms with Gasteiger partial charge in [0.15, 0.2) is 0 Å². The Kier molecular flexibility index (Phi) is 3.23. The van der Waals surface area contributed by atoms with E-state index in [0.717, 1.165) is 5.69 Å². The van der Waals surface area contributed by atoms with Crippen LogP contribution >= 0.6 is 23.5 Å². The third-order valence-electron chi connectivity index (χ3n) is 2.31. The molecule has 0 saturated carbocycles. The molecular weight excluding hydrogens is 244 g/mol. The number of hydrogen-bond acceptors (Lipinski definition) is 3. The molecule has 1 aliphatic rings. The first-order valence-electron chi connectivity index (χ1n) is 4.78. The molecule has 1 atom stereocenters. The first kappa shape index (κ1) is 11.5. The minimum Gasteiger partial charge on any atom is -0.324 e. The molecule has 0 aliphatic carbocycles. The molecule has 1 unspecified atom stereocenters. The average molecular weight is 255 g/mol. The fraction of sp³-hybridized carbons (Fsp3) is 0.182. The summed E-state index contributed by atoms with van der Waals surface area (Å²) in [6, 6.07) is 7.03. The van der Waals surface area contributed by atoms with E-state index in [1.807, 2.05) is 18.4 Å². The van der Waals surface area contributed by atoms with Crippen LogP contribution in [0, 0.1) is 0 Å². The predicted octanol–water partition coefficient (Wildman–Crippen LogP) is 2.80. The summed E-state index contributed by atoms with van der Waals surface area (Å²) < 4.78 is 3.03. The smallest absolute Gasteiger partial charge is 0.249 e. The summed E-state index contributed by atoms with van der Waals surface area (Å²) in [4.78, 5) is 12.0. The molecule has 0 spiro atoms. The molecule has 1 heterocycles. The Balaban J connectivity index is 2.07. The van der Waals surface area contributed by atoms with E-state index < -0.39 is 5.54 Å². The first-order chi connectivity index (χ1) is 7.60. The second-order valence-corrected chi connectivity index (χ2v) is 4.83. The van der Waals surface area contributed by atoms with Crippen molar-refractivity contribution in [1.82, 2.24) is 4.72 Å². The van der Waals surface area contributed by atoms with Crippen molar-refractivity contribution in [2.45, 2.75) is 12.5 Å². The molecule has 3 nitrogen and oxygen atoms in total. The SMILES string of the molecule is CC1(C(=O)Nc2ccc(Cl)cc2)C=CSN1. The van der Waals surface area contributed by atoms with Gasteiger partial charge in [0.2, 0.25) is 5.91 Å². The molecule has 84 valence electrons. The molecule has 1 aromatic carbocycles. The Morgan fingerprint density at radius 1 is 1.44 bits per heavy atom. The number of anilines is 1. The van der Waals surface area contributed by atoms with Crippen molar-refractivity contribution in [1.29, 1.82) is 0 Å². The average Bonchev–Trinajstić information content (AvgIpc) is 2.70. The number of benzene rings is 1. The van der Waals surface area contributed by atoms with E-state index in [-0.39, 0.29) is 5.91 Å². The quantitative estimate of drug-likeness (QED) is 0.798. The van der Waals surface area contributed by atoms with E-state index in [9.17, 15) is 4.79 Å². The lowest BCUT2D eigenvalue weighted by molar-refractivity contribution is -0.119. The summed E-state index contributed by atoms with van der Waals surface area (Å²) in [7, 11) is 0. The number of hydrogen-bond donors (Lipinski definition) is 2. The second-order valence-electron chi connectivity index (χ2n) is 3.69. The van der Waals surface area contributed by atoms with Gasteiger partial charge >= 0.3 is 0 Å². The van der Waals surface area contributed by atoms with Crippen LogP contribution in [-0.2, 0) is 4.79 Å². The highest BCUT2D eigenvalue weighted by Crippen LogP contribution is 2.22. The molecule has 1 amide bonds. The Bertz CT molecular complexity index is 432. The Hall–Kier alpha value is -0.970. The van der Waals surface area contributed by atoms with Gasteiger partial charge in [-0.25, -0.2) is 4.72 Å². The number of rotatable bonds is 2. The molecule has 2 rings (SSSR count). The number of carbonyl (C=O) groups excluding carboxylic acids is 1. The molecule has 1 aromatic rings. The zero-order valence-corrected chi connectivity index (χ0v) is 10.2. The van der Waals surface area contributed by atoms with E-state index in [2.05, 4.69) is 10.0 Å². The van der Waals surface area contributed by atoms with Crippen molar-refractivity contribution in [3.05, 3.63) is 40.8 Å². The standard InChI is InChI=1S/C11H11ClN2OS/c1-11(6-7-16-14-11)10(15)13-9-4-2-8(12)3-5-9/h2-7,14H,1H3,(H,13,15). The zero-order valence-electron chi connectivity index (χ0n) is 8.66. The Morgan fingerprint density at radius 2 is 2.12 bits per heavy atom. The normalized spacial score (nSPS) is 23.4. The Morgan fingerprint density at radius 3 is 2.69 bits per heavy atom. The highest BCUT2D eigenvalue weighted by atomic mass is 35.5. The van der Waals surface area contributed by atoms with Crippen LogP contribution in [0.3, 0.4) is 0 Å². The molecule has 5 heteroatoms. The van der Waals surface area contributed by atoms with Gasteiger partial charge in [-0.1, -0.05) is 23.5 Å². The van der Waals surface area contributed by atoms with Crippen molar-refractivity contribution >= 4 is 35.1 Å². The summed E-state index contributed by atoms with van der Waals surface area (Å²) in [5.41, 5.74) is 0.0901. The maximum atomic E-state index is 12.0. The van der Waals surface area contributed by atoms with Crippen LogP contribution in [0.4, 0.5) is 5.69 Å². The summed E-state index contributed by atoms with van der Waals surface area (Å²) in [5, 5.41) is 5.34. The topological polar surface area (TPSA) is 41.1 Å². The summed E-state index contributed by atoms with van der Waals surface area (Å²) in [6.07, 6.45) is 1.84. The van der Waals surface area contributed by atoms with Crippen LogP contribution in [0.5, 0.6) is 0 Å². The minimum atomic E-state index is -0.649. The van der Waals surface area contributed by atoms with Crippen molar-refractivity contribution < 1.29 is 4.79 Å². The van der Waals surface area contributed by atoms with Crippen molar-refractivity contribution in [2.24, 2.45) is 0 Å². The third kappa shape index (κ3) is 2.40. The van der Waals surface area contributed by atoms with Gasteiger partial charge in [0.05, 0.1) is 0 Å². The summed E-state index contributed by atoms with van der Waals surface area (Å²) >= 11 is 7.17. The third-order valence-corrected chi connectivity index (χ3v) is 3.38. The molecule has 0 aromatic heterocycles. The van der Waals surface area contributed by atoms with Gasteiger partial charge in [0, 0.05) is 10.7 Å². The van der Waals surface area contributed by atoms with Crippen LogP contribution in [0.15, 0.2) is 35.7 Å². The number of halogens is 1. The van der Waals surface area contributed by atoms with Gasteiger partial charge in [0.25, 0.3) is 0 Å². The number of carbonyl (C=O) groups is 1. The molecular formula is C11H11ClN2OS. The van der Waals surface area contributed by atoms with Crippen molar-refractivity contribution in [2.75, 3.05) is 5.32 Å². The van der Waals surface area contributed by atoms with E-state index in [0.29, 0.717) is 5.02 Å². The second kappa shape index (κ2) is 4.49. The zero-order chi connectivity index (χ0) is 11.6. The van der Waals surface area contributed by atoms with Crippen LogP contribution in [-0.4, -0.2) is 11.4 Å². The fourth-order valence-corrected chi connectivity index (χ4v) is 2.22. The first-order valence-corrected chi connectivity index (χ1v) is 6.03. The van der Waals surface area contributed by atoms with Crippen LogP contribution in [0.1, 0.15) is 6.92 Å². The molecule has 0 bridgehead atoms. The van der Waals surface area contributed by atoms with E-state index in [1.54, 1.807) is 24.3 Å². The largest absolute Gasteiger partial charge is 0.324 e. The van der Waals surface area contributed by atoms with Gasteiger partial charge in [-0.15, -0.1) is 0 Å². The van der Waals surface area contributed by atoms with Crippen LogP contribution in [0.2, 0.25) is 5.02 Å². The minimum absolute atomic E-state index is 0.0870. The van der Waals surface area contributed by atoms with Gasteiger partial charge in [-0.05, 0) is 42.7 Å². The molecule has 16 heavy (non-hydrogen) atoms. The number of amides is 1. The van der Waals surface area contributed by atoms with Crippen LogP contribution in [0.25, 0.3) is 0 Å². The molecule has 0 saturated heterocycles. The van der Waals surface area contributed by atoms with Gasteiger partial charge in [-0.2, -0.15) is 0 Å². The summed E-state index contributed by atoms with van der Waals surface area (Å²) in [6.45, 7) is 1.83. The van der Waals surface area contributed by atoms with Crippen LogP contribution < -0.4 is 10.0 Å². The Labute approximate surface area is 103 Å². The van der Waals surface area contributed by atoms with Crippen molar-refractivity contribution in [3.8, 4) is 0 Å². The maximum absolute atomic E-state index is 12.0. The lowest BCUT2D eigenvalue weighted by Crippen LogP contribution is -2.45. The number of nitrogens with one attached hydrogen (secondary N) is 2. The van der Waals surface area contributed by atoms with Gasteiger partial charge in [-0.3, -0.25) is 4.79 Å². The molecule has 1 aliphatic heterocycles. The fourth-order valence-electron chi connectivity index (χ4n) is 1.28. The lowest BCUT2D eigenvalue weighted by Gasteiger charge is -2.20. The summed E-state index contributed by atoms with van der Waals surface area (Å²) in [5.74, 6) is -0.0870. The lowest BCUT2D eigenvalue weighted by atomic mass is 10.0.